The second kappa shape index (κ2) is 11.0. The van der Waals surface area contributed by atoms with E-state index in [9.17, 15) is 0 Å². The maximum Gasteiger partial charge on any atom is 0.0253 e. The van der Waals surface area contributed by atoms with Gasteiger partial charge in [0.15, 0.2) is 0 Å². The SMILES string of the molecule is CCCCC1=C(Cl)CC=C1CCC1=CCC(Cl)=C1CCCC.[Ti]. The summed E-state index contributed by atoms with van der Waals surface area (Å²) in [5.41, 5.74) is 5.81. The molecule has 3 heteroatoms. The van der Waals surface area contributed by atoms with Crippen LogP contribution < -0.4 is 0 Å². The summed E-state index contributed by atoms with van der Waals surface area (Å²) in [6.45, 7) is 4.48. The van der Waals surface area contributed by atoms with E-state index in [2.05, 4.69) is 26.0 Å². The Morgan fingerprint density at radius 2 is 1.13 bits per heavy atom. The van der Waals surface area contributed by atoms with Crippen LogP contribution in [0.3, 0.4) is 0 Å². The summed E-state index contributed by atoms with van der Waals surface area (Å²) in [5, 5.41) is 2.15. The molecule has 0 N–H and O–H groups in total. The number of unbranched alkanes of at least 4 members (excludes halogenated alkanes) is 2. The van der Waals surface area contributed by atoms with Crippen molar-refractivity contribution in [1.29, 1.82) is 0 Å². The van der Waals surface area contributed by atoms with Gasteiger partial charge in [0.25, 0.3) is 0 Å². The first kappa shape index (κ1) is 21.3. The van der Waals surface area contributed by atoms with E-state index in [-0.39, 0.29) is 21.7 Å². The maximum atomic E-state index is 6.41. The van der Waals surface area contributed by atoms with Crippen molar-refractivity contribution in [3.8, 4) is 0 Å². The Balaban J connectivity index is 0.00000264. The summed E-state index contributed by atoms with van der Waals surface area (Å²) in [4.78, 5) is 0. The minimum atomic E-state index is 0. The van der Waals surface area contributed by atoms with Crippen LogP contribution in [-0.4, -0.2) is 0 Å². The van der Waals surface area contributed by atoms with Gasteiger partial charge in [0.2, 0.25) is 0 Å². The van der Waals surface area contributed by atoms with Crippen LogP contribution in [0.1, 0.15) is 78.1 Å². The fraction of sp³-hybridized carbons (Fsp3) is 0.600. The number of halogens is 2. The monoisotopic (exact) mass is 386 g/mol. The first-order valence-electron chi connectivity index (χ1n) is 8.81. The molecule has 0 saturated carbocycles. The second-order valence-corrected chi connectivity index (χ2v) is 7.25. The summed E-state index contributed by atoms with van der Waals surface area (Å²) in [5.74, 6) is 0. The van der Waals surface area contributed by atoms with Crippen molar-refractivity contribution in [3.05, 3.63) is 44.5 Å². The summed E-state index contributed by atoms with van der Waals surface area (Å²) < 4.78 is 0. The normalized spacial score (nSPS) is 17.6. The largest absolute Gasteiger partial charge is 0.0885 e. The van der Waals surface area contributed by atoms with Crippen LogP contribution in [0, 0.1) is 0 Å². The van der Waals surface area contributed by atoms with Gasteiger partial charge in [-0.3, -0.25) is 0 Å². The topological polar surface area (TPSA) is 0 Å². The molecule has 0 fully saturated rings. The van der Waals surface area contributed by atoms with E-state index in [1.54, 1.807) is 0 Å². The zero-order valence-electron chi connectivity index (χ0n) is 14.5. The molecule has 0 unspecified atom stereocenters. The Morgan fingerprint density at radius 3 is 1.48 bits per heavy atom. The van der Waals surface area contributed by atoms with Crippen LogP contribution in [-0.2, 0) is 21.7 Å². The number of hydrogen-bond acceptors (Lipinski definition) is 0. The number of hydrogen-bond donors (Lipinski definition) is 0. The van der Waals surface area contributed by atoms with E-state index in [1.165, 1.54) is 48.0 Å². The third kappa shape index (κ3) is 5.92. The average molecular weight is 387 g/mol. The molecule has 0 aromatic carbocycles. The quantitative estimate of drug-likeness (QED) is 0.354. The molecular weight excluding hydrogens is 359 g/mol. The van der Waals surface area contributed by atoms with Crippen molar-refractivity contribution in [2.75, 3.05) is 0 Å². The zero-order valence-corrected chi connectivity index (χ0v) is 17.6. The molecule has 0 bridgehead atoms. The molecule has 0 heterocycles. The standard InChI is InChI=1S/C20H28Cl2.Ti/c1-3-5-7-17-15(11-13-19(17)21)9-10-16-12-14-20(22)18(16)8-6-4-2;/h11-12H,3-10,13-14H2,1-2H3;. The molecule has 0 nitrogen and oxygen atoms in total. The van der Waals surface area contributed by atoms with Gasteiger partial charge in [0.05, 0.1) is 0 Å². The molecule has 2 rings (SSSR count). The third-order valence-corrected chi connectivity index (χ3v) is 5.47. The number of rotatable bonds is 9. The van der Waals surface area contributed by atoms with Gasteiger partial charge in [-0.1, -0.05) is 62.0 Å². The molecule has 0 aromatic heterocycles. The Labute approximate surface area is 167 Å². The van der Waals surface area contributed by atoms with Gasteiger partial charge in [-0.2, -0.15) is 0 Å². The first-order valence-corrected chi connectivity index (χ1v) is 9.56. The predicted molar refractivity (Wildman–Crippen MR) is 99.4 cm³/mol. The van der Waals surface area contributed by atoms with Crippen LogP contribution in [0.2, 0.25) is 0 Å². The molecule has 0 aliphatic heterocycles. The molecule has 126 valence electrons. The molecular formula is C20H28Cl2Ti. The van der Waals surface area contributed by atoms with E-state index in [1.807, 2.05) is 0 Å². The van der Waals surface area contributed by atoms with E-state index in [4.69, 9.17) is 23.2 Å². The Bertz CT molecular complexity index is 476. The molecule has 23 heavy (non-hydrogen) atoms. The molecule has 0 radical (unpaired) electrons. The van der Waals surface area contributed by atoms with Gasteiger partial charge in [0.1, 0.15) is 0 Å². The third-order valence-electron chi connectivity index (χ3n) is 4.71. The fourth-order valence-electron chi connectivity index (χ4n) is 3.34. The minimum absolute atomic E-state index is 0. The van der Waals surface area contributed by atoms with Crippen LogP contribution in [0.5, 0.6) is 0 Å². The molecule has 0 saturated heterocycles. The predicted octanol–water partition coefficient (Wildman–Crippen LogP) is 7.79. The van der Waals surface area contributed by atoms with E-state index in [0.29, 0.717) is 0 Å². The van der Waals surface area contributed by atoms with Gasteiger partial charge in [-0.05, 0) is 60.8 Å². The maximum absolute atomic E-state index is 6.41. The smallest absolute Gasteiger partial charge is 0.0253 e. The van der Waals surface area contributed by atoms with E-state index in [0.717, 1.165) is 48.6 Å². The molecule has 0 spiro atoms. The van der Waals surface area contributed by atoms with Gasteiger partial charge in [0, 0.05) is 44.6 Å². The first-order chi connectivity index (χ1) is 10.7. The van der Waals surface area contributed by atoms with E-state index < -0.39 is 0 Å². The van der Waals surface area contributed by atoms with Crippen molar-refractivity contribution < 1.29 is 21.7 Å². The Hall–Kier alpha value is 0.254. The van der Waals surface area contributed by atoms with Gasteiger partial charge in [-0.15, -0.1) is 0 Å². The Kier molecular flexibility index (Phi) is 10.2. The van der Waals surface area contributed by atoms with Crippen molar-refractivity contribution in [3.63, 3.8) is 0 Å². The second-order valence-electron chi connectivity index (χ2n) is 6.34. The fourth-order valence-corrected chi connectivity index (χ4v) is 3.93. The van der Waals surface area contributed by atoms with Crippen LogP contribution in [0.25, 0.3) is 0 Å². The van der Waals surface area contributed by atoms with Crippen molar-refractivity contribution in [2.45, 2.75) is 78.1 Å². The van der Waals surface area contributed by atoms with Crippen molar-refractivity contribution >= 4 is 23.2 Å². The van der Waals surface area contributed by atoms with Crippen LogP contribution in [0.4, 0.5) is 0 Å². The average Bonchev–Trinajstić information content (AvgIpc) is 3.04. The van der Waals surface area contributed by atoms with Crippen LogP contribution in [0.15, 0.2) is 44.5 Å². The van der Waals surface area contributed by atoms with E-state index >= 15 is 0 Å². The molecule has 2 aliphatic carbocycles. The van der Waals surface area contributed by atoms with Gasteiger partial charge < -0.3 is 0 Å². The van der Waals surface area contributed by atoms with Crippen LogP contribution >= 0.6 is 23.2 Å². The van der Waals surface area contributed by atoms with Crippen molar-refractivity contribution in [1.82, 2.24) is 0 Å². The summed E-state index contributed by atoms with van der Waals surface area (Å²) in [6.07, 6.45) is 16.0. The molecule has 2 aliphatic rings. The zero-order chi connectivity index (χ0) is 15.9. The summed E-state index contributed by atoms with van der Waals surface area (Å²) in [6, 6.07) is 0. The summed E-state index contributed by atoms with van der Waals surface area (Å²) in [7, 11) is 0. The molecule has 0 amide bonds. The molecule has 0 atom stereocenters. The summed E-state index contributed by atoms with van der Waals surface area (Å²) >= 11 is 12.8. The van der Waals surface area contributed by atoms with Gasteiger partial charge >= 0.3 is 0 Å². The number of allylic oxidation sites excluding steroid dienone is 8. The van der Waals surface area contributed by atoms with Crippen molar-refractivity contribution in [2.24, 2.45) is 0 Å². The molecule has 0 aromatic rings. The minimum Gasteiger partial charge on any atom is -0.0885 e. The van der Waals surface area contributed by atoms with Gasteiger partial charge in [-0.25, -0.2) is 0 Å². The Morgan fingerprint density at radius 1 is 0.739 bits per heavy atom.